The summed E-state index contributed by atoms with van der Waals surface area (Å²) in [7, 11) is 0. The number of nitrogens with one attached hydrogen (secondary N) is 4. The summed E-state index contributed by atoms with van der Waals surface area (Å²) < 4.78 is 145. The molecular formula is C95H156N6O32. The van der Waals surface area contributed by atoms with E-state index in [2.05, 4.69) is 57.4 Å². The van der Waals surface area contributed by atoms with Crippen LogP contribution in [0, 0.1) is 11.8 Å². The zero-order valence-corrected chi connectivity index (χ0v) is 78.8. The van der Waals surface area contributed by atoms with Crippen molar-refractivity contribution < 1.29 is 152 Å². The minimum absolute atomic E-state index is 0.0133. The van der Waals surface area contributed by atoms with Gasteiger partial charge in [-0.1, -0.05) is 66.5 Å². The van der Waals surface area contributed by atoms with E-state index in [9.17, 15) is 28.8 Å². The Kier molecular flexibility index (Phi) is 76.8. The number of nitrogens with zero attached hydrogens (tertiary/aromatic N) is 2. The molecule has 0 saturated heterocycles. The van der Waals surface area contributed by atoms with Crippen LogP contribution in [0.15, 0.2) is 72.8 Å². The van der Waals surface area contributed by atoms with E-state index in [1.165, 1.54) is 0 Å². The summed E-state index contributed by atoms with van der Waals surface area (Å²) in [5.74, 6) is 5.78. The first-order chi connectivity index (χ1) is 65.7. The van der Waals surface area contributed by atoms with Gasteiger partial charge in [-0.25, -0.2) is 9.59 Å². The second-order valence-electron chi connectivity index (χ2n) is 30.0. The fourth-order valence-corrected chi connectivity index (χ4v) is 12.6. The third kappa shape index (κ3) is 69.4. The second-order valence-corrected chi connectivity index (χ2v) is 30.0. The maximum Gasteiger partial charge on any atom is 0.407 e. The van der Waals surface area contributed by atoms with Gasteiger partial charge in [-0.3, -0.25) is 19.2 Å². The number of carbonyl (C=O) groups is 6. The first kappa shape index (κ1) is 116. The lowest BCUT2D eigenvalue weighted by Crippen LogP contribution is -2.38. The molecule has 0 aromatic heterocycles. The van der Waals surface area contributed by atoms with Crippen LogP contribution in [0.1, 0.15) is 107 Å². The van der Waals surface area contributed by atoms with Crippen molar-refractivity contribution in [2.75, 3.05) is 361 Å². The quantitative estimate of drug-likeness (QED) is 0.0326. The van der Waals surface area contributed by atoms with Gasteiger partial charge in [0.05, 0.1) is 329 Å². The Hall–Kier alpha value is -7.06. The molecule has 3 aliphatic rings. The normalized spacial score (nSPS) is 14.8. The van der Waals surface area contributed by atoms with E-state index in [4.69, 9.17) is 123 Å². The van der Waals surface area contributed by atoms with Crippen molar-refractivity contribution in [2.45, 2.75) is 109 Å². The van der Waals surface area contributed by atoms with Gasteiger partial charge >= 0.3 is 12.2 Å². The van der Waals surface area contributed by atoms with E-state index in [-0.39, 0.29) is 114 Å². The number of anilines is 1. The number of rotatable bonds is 89. The van der Waals surface area contributed by atoms with Gasteiger partial charge in [-0.05, 0) is 88.0 Å². The standard InChI is InChI=1S/C95H156N6O32/c102-90(96-29-37-110-45-53-118-61-67-124-71-75-128-79-81-130-77-73-126-69-63-120-55-47-112-39-31-98-94(106)132-87-18-7-3-1-4-8-19-87)27-35-108-43-51-116-59-65-122-57-49-114-41-33-100(92(104)25-26-93(105)101-83-86-17-12-11-15-84(86)23-24-85-16-13-14-22-89(85)101)34-42-115-50-58-123-66-60-117-52-44-109-36-28-91(103)97-30-38-111-46-54-119-62-68-125-72-76-129-80-82-131-78-74-127-70-64-121-56-48-113-40-32-99-95(107)133-88-20-9-5-2-6-10-21-88/h1-3,5,11-17,22,87-88H,4,6-10,18-21,25-83H2,(H,96,102)(H,97,103)(H,98,106)(H,99,107)/b3-1+,5-2+. The van der Waals surface area contributed by atoms with Crippen LogP contribution >= 0.6 is 0 Å². The summed E-state index contributed by atoms with van der Waals surface area (Å²) in [6.07, 6.45) is 17.7. The highest BCUT2D eigenvalue weighted by Crippen LogP contribution is 2.27. The molecule has 0 fully saturated rings. The van der Waals surface area contributed by atoms with Gasteiger partial charge in [0, 0.05) is 76.1 Å². The fraction of sp³-hybridized carbons (Fsp3) is 0.747. The van der Waals surface area contributed by atoms with Crippen LogP contribution in [0.5, 0.6) is 0 Å². The first-order valence-electron chi connectivity index (χ1n) is 47.6. The molecular weight excluding hydrogens is 1740 g/mol. The van der Waals surface area contributed by atoms with Crippen LogP contribution in [-0.2, 0) is 149 Å². The Balaban J connectivity index is 0.740. The van der Waals surface area contributed by atoms with E-state index < -0.39 is 12.2 Å². The third-order valence-electron chi connectivity index (χ3n) is 19.6. The summed E-state index contributed by atoms with van der Waals surface area (Å²) in [5.41, 5.74) is 3.20. The minimum atomic E-state index is -0.394. The number of amides is 6. The lowest BCUT2D eigenvalue weighted by atomic mass is 10.0. The topological polar surface area (TPSA) is 397 Å². The molecule has 0 saturated carbocycles. The molecule has 0 spiro atoms. The summed E-state index contributed by atoms with van der Waals surface area (Å²) in [5, 5.41) is 11.1. The number of allylic oxidation sites excluding steroid dienone is 4. The Bertz CT molecular complexity index is 3150. The lowest BCUT2D eigenvalue weighted by molar-refractivity contribution is -0.134. The molecule has 38 nitrogen and oxygen atoms in total. The van der Waals surface area contributed by atoms with Crippen molar-refractivity contribution in [3.63, 3.8) is 0 Å². The van der Waals surface area contributed by atoms with E-state index in [0.29, 0.717) is 316 Å². The van der Waals surface area contributed by atoms with Crippen molar-refractivity contribution in [1.82, 2.24) is 26.2 Å². The van der Waals surface area contributed by atoms with Crippen LogP contribution in [0.25, 0.3) is 0 Å². The monoisotopic (exact) mass is 1890 g/mol. The number of benzene rings is 2. The molecule has 1 aliphatic heterocycles. The first-order valence-corrected chi connectivity index (χ1v) is 47.6. The largest absolute Gasteiger partial charge is 0.446 e. The molecule has 38 heteroatoms. The third-order valence-corrected chi connectivity index (χ3v) is 19.6. The number of carbonyl (C=O) groups excluding carboxylic acids is 6. The van der Waals surface area contributed by atoms with E-state index in [1.54, 1.807) is 9.80 Å². The molecule has 1 heterocycles. The fourth-order valence-electron chi connectivity index (χ4n) is 12.6. The van der Waals surface area contributed by atoms with Crippen molar-refractivity contribution in [3.8, 4) is 11.8 Å². The highest BCUT2D eigenvalue weighted by molar-refractivity contribution is 5.97. The van der Waals surface area contributed by atoms with E-state index in [0.717, 1.165) is 80.9 Å². The summed E-state index contributed by atoms with van der Waals surface area (Å²) in [4.78, 5) is 79.8. The van der Waals surface area contributed by atoms with Gasteiger partial charge in [0.1, 0.15) is 12.2 Å². The van der Waals surface area contributed by atoms with Gasteiger partial charge < -0.3 is 154 Å². The number of ether oxygens (including phenoxy) is 26. The Morgan fingerprint density at radius 1 is 0.286 bits per heavy atom. The predicted molar refractivity (Wildman–Crippen MR) is 492 cm³/mol. The smallest absolute Gasteiger partial charge is 0.407 e. The maximum atomic E-state index is 14.0. The number of para-hydroxylation sites is 1. The lowest BCUT2D eigenvalue weighted by Gasteiger charge is -2.27. The van der Waals surface area contributed by atoms with Crippen LogP contribution < -0.4 is 26.2 Å². The molecule has 2 aromatic carbocycles. The van der Waals surface area contributed by atoms with Crippen LogP contribution in [0.3, 0.4) is 0 Å². The molecule has 4 N–H and O–H groups in total. The SMILES string of the molecule is O=C(CCOCCOCCOCCOCCN(CCOCCOCCOCCOCCC(=O)NCCOCCOCCOCCOCCOCCOCCOCCOCCNC(=O)OC1CC/C=C/CCC1)C(=O)CCC(=O)N1Cc2ccccc2C#Cc2ccccc21)NCCOCCOCCOCCOCCOCCOCCOCCOCCNC(=O)OC1CC/C=C/CCC1. The van der Waals surface area contributed by atoms with Crippen LogP contribution in [-0.4, -0.2) is 409 Å². The summed E-state index contributed by atoms with van der Waals surface area (Å²) >= 11 is 0. The summed E-state index contributed by atoms with van der Waals surface area (Å²) in [6, 6.07) is 15.3. The zero-order valence-electron chi connectivity index (χ0n) is 78.8. The van der Waals surface area contributed by atoms with Crippen molar-refractivity contribution >= 4 is 41.5 Å². The average Bonchev–Trinajstić information content (AvgIpc) is 0.803. The molecule has 2 aromatic rings. The van der Waals surface area contributed by atoms with Gasteiger partial charge in [0.2, 0.25) is 23.6 Å². The second kappa shape index (κ2) is 87.7. The predicted octanol–water partition coefficient (Wildman–Crippen LogP) is 6.18. The Morgan fingerprint density at radius 3 is 0.895 bits per heavy atom. The maximum absolute atomic E-state index is 14.0. The number of hydrogen-bond donors (Lipinski definition) is 4. The molecule has 758 valence electrons. The highest BCUT2D eigenvalue weighted by atomic mass is 16.6. The Labute approximate surface area is 787 Å². The molecule has 6 amide bonds. The molecule has 0 bridgehead atoms. The highest BCUT2D eigenvalue weighted by Gasteiger charge is 2.25. The Morgan fingerprint density at radius 2 is 0.556 bits per heavy atom. The van der Waals surface area contributed by atoms with E-state index >= 15 is 0 Å². The van der Waals surface area contributed by atoms with Crippen molar-refractivity contribution in [2.24, 2.45) is 0 Å². The van der Waals surface area contributed by atoms with Crippen LogP contribution in [0.2, 0.25) is 0 Å². The molecule has 2 unspecified atom stereocenters. The van der Waals surface area contributed by atoms with Gasteiger partial charge in [0.25, 0.3) is 0 Å². The molecule has 2 atom stereocenters. The number of alkyl carbamates (subject to hydrolysis) is 2. The number of fused-ring (bicyclic) bond motifs is 2. The van der Waals surface area contributed by atoms with Crippen molar-refractivity contribution in [1.29, 1.82) is 0 Å². The average molecular weight is 1890 g/mol. The van der Waals surface area contributed by atoms with Crippen molar-refractivity contribution in [3.05, 3.63) is 89.5 Å². The molecule has 5 rings (SSSR count). The number of hydrogen-bond acceptors (Lipinski definition) is 32. The molecule has 133 heavy (non-hydrogen) atoms. The van der Waals surface area contributed by atoms with Gasteiger partial charge in [-0.15, -0.1) is 0 Å². The molecule has 2 aliphatic carbocycles. The van der Waals surface area contributed by atoms with Gasteiger partial charge in [0.15, 0.2) is 0 Å². The van der Waals surface area contributed by atoms with Gasteiger partial charge in [-0.2, -0.15) is 0 Å². The van der Waals surface area contributed by atoms with E-state index in [1.807, 2.05) is 48.5 Å². The minimum Gasteiger partial charge on any atom is -0.446 e. The summed E-state index contributed by atoms with van der Waals surface area (Å²) in [6.45, 7) is 20.8. The molecule has 0 radical (unpaired) electrons. The van der Waals surface area contributed by atoms with Crippen LogP contribution in [0.4, 0.5) is 15.3 Å². The zero-order chi connectivity index (χ0) is 94.0.